The number of benzene rings is 2. The number of hydrogen-bond acceptors (Lipinski definition) is 2. The van der Waals surface area contributed by atoms with Crippen molar-refractivity contribution in [2.75, 3.05) is 11.4 Å². The first kappa shape index (κ1) is 22.5. The molecule has 1 amide bonds. The van der Waals surface area contributed by atoms with E-state index in [4.69, 9.17) is 4.98 Å². The summed E-state index contributed by atoms with van der Waals surface area (Å²) in [6, 6.07) is 14.5. The molecule has 0 aliphatic carbocycles. The van der Waals surface area contributed by atoms with Crippen molar-refractivity contribution in [3.63, 3.8) is 0 Å². The maximum atomic E-state index is 13.7. The maximum Gasteiger partial charge on any atom is 0.227 e. The highest BCUT2D eigenvalue weighted by molar-refractivity contribution is 5.96. The Morgan fingerprint density at radius 1 is 0.969 bits per heavy atom. The minimum atomic E-state index is -0.319. The molecule has 0 saturated carbocycles. The molecule has 2 aromatic carbocycles. The fourth-order valence-corrected chi connectivity index (χ4v) is 4.82. The standard InChI is InChI=1S/C27H34FN3O/c1-2-3-4-5-6-7-8-11-17-30-25-16-10-9-15-24(25)29-27(30)21-18-26(32)31(20-21)23-14-12-13-22(28)19-23/h9-10,12-16,19,21H,2-8,11,17-18,20H2,1H3. The average Bonchev–Trinajstić information content (AvgIpc) is 3.36. The molecule has 5 heteroatoms. The second-order valence-electron chi connectivity index (χ2n) is 8.97. The summed E-state index contributed by atoms with van der Waals surface area (Å²) in [5, 5.41) is 0. The Kier molecular flexibility index (Phi) is 7.56. The fourth-order valence-electron chi connectivity index (χ4n) is 4.82. The third kappa shape index (κ3) is 5.20. The molecule has 1 unspecified atom stereocenters. The minimum Gasteiger partial charge on any atom is -0.328 e. The predicted octanol–water partition coefficient (Wildman–Crippen LogP) is 6.84. The fraction of sp³-hybridized carbons (Fsp3) is 0.481. The lowest BCUT2D eigenvalue weighted by Crippen LogP contribution is -2.24. The number of carbonyl (C=O) groups excluding carboxylic acids is 1. The van der Waals surface area contributed by atoms with Gasteiger partial charge in [-0.25, -0.2) is 9.37 Å². The zero-order valence-corrected chi connectivity index (χ0v) is 19.1. The number of halogens is 1. The van der Waals surface area contributed by atoms with Crippen LogP contribution in [0.4, 0.5) is 10.1 Å². The zero-order chi connectivity index (χ0) is 22.3. The van der Waals surface area contributed by atoms with Crippen LogP contribution in [0.2, 0.25) is 0 Å². The molecule has 2 heterocycles. The average molecular weight is 436 g/mol. The molecule has 170 valence electrons. The number of hydrogen-bond donors (Lipinski definition) is 0. The van der Waals surface area contributed by atoms with Crippen molar-refractivity contribution in [2.45, 2.75) is 77.2 Å². The van der Waals surface area contributed by atoms with Crippen molar-refractivity contribution >= 4 is 22.6 Å². The molecule has 1 fully saturated rings. The first-order valence-electron chi connectivity index (χ1n) is 12.2. The number of fused-ring (bicyclic) bond motifs is 1. The SMILES string of the molecule is CCCCCCCCCCn1c(C2CC(=O)N(c3cccc(F)c3)C2)nc2ccccc21. The molecular weight excluding hydrogens is 401 g/mol. The molecule has 4 rings (SSSR count). The van der Waals surface area contributed by atoms with Crippen molar-refractivity contribution in [1.29, 1.82) is 0 Å². The summed E-state index contributed by atoms with van der Waals surface area (Å²) in [7, 11) is 0. The highest BCUT2D eigenvalue weighted by Crippen LogP contribution is 2.33. The molecule has 3 aromatic rings. The van der Waals surface area contributed by atoms with E-state index in [0.717, 1.165) is 29.8 Å². The summed E-state index contributed by atoms with van der Waals surface area (Å²) >= 11 is 0. The lowest BCUT2D eigenvalue weighted by molar-refractivity contribution is -0.117. The Labute approximate surface area is 190 Å². The van der Waals surface area contributed by atoms with Gasteiger partial charge in [-0.2, -0.15) is 0 Å². The quantitative estimate of drug-likeness (QED) is 0.309. The topological polar surface area (TPSA) is 38.1 Å². The molecular formula is C27H34FN3O. The molecule has 0 bridgehead atoms. The number of aromatic nitrogens is 2. The van der Waals surface area contributed by atoms with Crippen LogP contribution in [-0.4, -0.2) is 22.0 Å². The smallest absolute Gasteiger partial charge is 0.227 e. The molecule has 1 atom stereocenters. The van der Waals surface area contributed by atoms with E-state index in [0.29, 0.717) is 18.7 Å². The number of rotatable bonds is 11. The summed E-state index contributed by atoms with van der Waals surface area (Å²) in [6.07, 6.45) is 10.7. The number of amides is 1. The summed E-state index contributed by atoms with van der Waals surface area (Å²) in [6.45, 7) is 3.72. The van der Waals surface area contributed by atoms with Crippen molar-refractivity contribution in [2.24, 2.45) is 0 Å². The number of para-hydroxylation sites is 2. The van der Waals surface area contributed by atoms with Crippen molar-refractivity contribution in [3.05, 3.63) is 60.2 Å². The lowest BCUT2D eigenvalue weighted by Gasteiger charge is -2.17. The van der Waals surface area contributed by atoms with Crippen LogP contribution in [-0.2, 0) is 11.3 Å². The minimum absolute atomic E-state index is 0.0206. The number of unbranched alkanes of at least 4 members (excludes halogenated alkanes) is 7. The van der Waals surface area contributed by atoms with Crippen LogP contribution in [0.25, 0.3) is 11.0 Å². The normalized spacial score (nSPS) is 16.4. The van der Waals surface area contributed by atoms with E-state index in [-0.39, 0.29) is 17.6 Å². The van der Waals surface area contributed by atoms with E-state index in [1.807, 2.05) is 12.1 Å². The van der Waals surface area contributed by atoms with Gasteiger partial charge in [-0.3, -0.25) is 4.79 Å². The predicted molar refractivity (Wildman–Crippen MR) is 128 cm³/mol. The van der Waals surface area contributed by atoms with E-state index in [2.05, 4.69) is 23.6 Å². The van der Waals surface area contributed by atoms with Crippen LogP contribution in [0, 0.1) is 5.82 Å². The molecule has 1 aliphatic heterocycles. The Morgan fingerprint density at radius 3 is 2.50 bits per heavy atom. The Hall–Kier alpha value is -2.69. The Bertz CT molecular complexity index is 1040. The first-order valence-corrected chi connectivity index (χ1v) is 12.2. The summed E-state index contributed by atoms with van der Waals surface area (Å²) in [5.74, 6) is 0.723. The lowest BCUT2D eigenvalue weighted by atomic mass is 10.1. The van der Waals surface area contributed by atoms with Gasteiger partial charge in [0.15, 0.2) is 0 Å². The van der Waals surface area contributed by atoms with Crippen LogP contribution in [0.3, 0.4) is 0 Å². The monoisotopic (exact) mass is 435 g/mol. The molecule has 32 heavy (non-hydrogen) atoms. The van der Waals surface area contributed by atoms with Crippen molar-refractivity contribution in [1.82, 2.24) is 9.55 Å². The number of anilines is 1. The molecule has 1 saturated heterocycles. The largest absolute Gasteiger partial charge is 0.328 e. The molecule has 1 aromatic heterocycles. The number of nitrogens with zero attached hydrogens (tertiary/aromatic N) is 3. The molecule has 1 aliphatic rings. The third-order valence-electron chi connectivity index (χ3n) is 6.53. The molecule has 0 spiro atoms. The van der Waals surface area contributed by atoms with E-state index in [9.17, 15) is 9.18 Å². The van der Waals surface area contributed by atoms with Gasteiger partial charge in [-0.1, -0.05) is 70.1 Å². The van der Waals surface area contributed by atoms with Gasteiger partial charge in [-0.15, -0.1) is 0 Å². The van der Waals surface area contributed by atoms with Crippen LogP contribution in [0.5, 0.6) is 0 Å². The molecule has 4 nitrogen and oxygen atoms in total. The van der Waals surface area contributed by atoms with Gasteiger partial charge in [0.1, 0.15) is 11.6 Å². The molecule has 0 radical (unpaired) electrons. The second kappa shape index (κ2) is 10.8. The Morgan fingerprint density at radius 2 is 1.72 bits per heavy atom. The van der Waals surface area contributed by atoms with E-state index < -0.39 is 0 Å². The van der Waals surface area contributed by atoms with Crippen molar-refractivity contribution < 1.29 is 9.18 Å². The van der Waals surface area contributed by atoms with Gasteiger partial charge in [0.25, 0.3) is 0 Å². The molecule has 0 N–H and O–H groups in total. The number of imidazole rings is 1. The highest BCUT2D eigenvalue weighted by Gasteiger charge is 2.34. The van der Waals surface area contributed by atoms with Crippen molar-refractivity contribution in [3.8, 4) is 0 Å². The first-order chi connectivity index (χ1) is 15.7. The Balaban J connectivity index is 1.45. The third-order valence-corrected chi connectivity index (χ3v) is 6.53. The van der Waals surface area contributed by atoms with Crippen LogP contribution >= 0.6 is 0 Å². The van der Waals surface area contributed by atoms with Gasteiger partial charge in [-0.05, 0) is 36.8 Å². The van der Waals surface area contributed by atoms with Gasteiger partial charge in [0.05, 0.1) is 11.0 Å². The highest BCUT2D eigenvalue weighted by atomic mass is 19.1. The zero-order valence-electron chi connectivity index (χ0n) is 19.1. The van der Waals surface area contributed by atoms with Gasteiger partial charge in [0.2, 0.25) is 5.91 Å². The summed E-state index contributed by atoms with van der Waals surface area (Å²) in [5.41, 5.74) is 2.75. The summed E-state index contributed by atoms with van der Waals surface area (Å²) < 4.78 is 16.0. The van der Waals surface area contributed by atoms with Gasteiger partial charge in [0, 0.05) is 31.1 Å². The van der Waals surface area contributed by atoms with E-state index in [1.165, 1.54) is 57.1 Å². The van der Waals surface area contributed by atoms with E-state index in [1.54, 1.807) is 17.0 Å². The number of aryl methyl sites for hydroxylation is 1. The van der Waals surface area contributed by atoms with Gasteiger partial charge < -0.3 is 9.47 Å². The van der Waals surface area contributed by atoms with Crippen LogP contribution in [0.15, 0.2) is 48.5 Å². The second-order valence-corrected chi connectivity index (χ2v) is 8.97. The number of carbonyl (C=O) groups is 1. The van der Waals surface area contributed by atoms with Crippen LogP contribution < -0.4 is 4.90 Å². The van der Waals surface area contributed by atoms with E-state index >= 15 is 0 Å². The van der Waals surface area contributed by atoms with Crippen LogP contribution in [0.1, 0.15) is 76.5 Å². The summed E-state index contributed by atoms with van der Waals surface area (Å²) in [4.78, 5) is 19.4. The van der Waals surface area contributed by atoms with Gasteiger partial charge >= 0.3 is 0 Å². The maximum absolute atomic E-state index is 13.7.